The molecule has 0 atom stereocenters. The van der Waals surface area contributed by atoms with Crippen molar-refractivity contribution in [3.63, 3.8) is 0 Å². The van der Waals surface area contributed by atoms with E-state index in [0.29, 0.717) is 19.0 Å². The number of hydrogen-bond acceptors (Lipinski definition) is 4. The average molecular weight is 300 g/mol. The van der Waals surface area contributed by atoms with E-state index in [2.05, 4.69) is 15.6 Å². The van der Waals surface area contributed by atoms with Crippen LogP contribution >= 0.6 is 12.4 Å². The second-order valence-electron chi connectivity index (χ2n) is 4.80. The van der Waals surface area contributed by atoms with Crippen LogP contribution in [0.2, 0.25) is 0 Å². The van der Waals surface area contributed by atoms with Crippen molar-refractivity contribution in [2.45, 2.75) is 38.3 Å². The van der Waals surface area contributed by atoms with Crippen LogP contribution in [-0.4, -0.2) is 30.6 Å². The fourth-order valence-electron chi connectivity index (χ4n) is 2.25. The summed E-state index contributed by atoms with van der Waals surface area (Å²) in [5.41, 5.74) is 0.929. The molecule has 2 rings (SSSR count). The number of nitrogens with zero attached hydrogens (tertiary/aromatic N) is 1. The third kappa shape index (κ3) is 4.98. The normalized spacial score (nSPS) is 14.7. The molecule has 2 N–H and O–H groups in total. The van der Waals surface area contributed by atoms with Crippen LogP contribution in [0.4, 0.5) is 0 Å². The maximum absolute atomic E-state index is 11.4. The zero-order valence-electron chi connectivity index (χ0n) is 11.7. The molecule has 1 amide bonds. The van der Waals surface area contributed by atoms with Gasteiger partial charge in [-0.2, -0.15) is 0 Å². The molecule has 0 aromatic carbocycles. The molecular weight excluding hydrogens is 278 g/mol. The van der Waals surface area contributed by atoms with E-state index in [1.54, 1.807) is 13.2 Å². The van der Waals surface area contributed by atoms with Crippen LogP contribution in [0.5, 0.6) is 5.88 Å². The van der Waals surface area contributed by atoms with Crippen molar-refractivity contribution in [2.24, 2.45) is 0 Å². The van der Waals surface area contributed by atoms with Crippen molar-refractivity contribution >= 4 is 18.3 Å². The number of amides is 1. The molecule has 1 fully saturated rings. The number of likely N-dealkylation sites (N-methyl/N-ethyl adjacent to an activating group) is 1. The summed E-state index contributed by atoms with van der Waals surface area (Å²) in [6, 6.07) is 3.80. The van der Waals surface area contributed by atoms with E-state index in [-0.39, 0.29) is 24.4 Å². The van der Waals surface area contributed by atoms with Gasteiger partial charge in [-0.3, -0.25) is 4.79 Å². The zero-order valence-corrected chi connectivity index (χ0v) is 12.5. The van der Waals surface area contributed by atoms with Crippen LogP contribution in [0.15, 0.2) is 18.3 Å². The summed E-state index contributed by atoms with van der Waals surface area (Å²) in [5.74, 6) is 0.623. The van der Waals surface area contributed by atoms with Crippen LogP contribution in [0.25, 0.3) is 0 Å². The quantitative estimate of drug-likeness (QED) is 0.838. The van der Waals surface area contributed by atoms with Crippen LogP contribution in [0.1, 0.15) is 31.2 Å². The molecule has 1 aliphatic carbocycles. The van der Waals surface area contributed by atoms with E-state index in [0.717, 1.165) is 18.4 Å². The van der Waals surface area contributed by atoms with E-state index >= 15 is 0 Å². The molecule has 1 saturated carbocycles. The summed E-state index contributed by atoms with van der Waals surface area (Å²) < 4.78 is 5.92. The minimum absolute atomic E-state index is 0. The minimum Gasteiger partial charge on any atom is -0.474 e. The van der Waals surface area contributed by atoms with Crippen molar-refractivity contribution in [3.05, 3.63) is 23.9 Å². The van der Waals surface area contributed by atoms with Gasteiger partial charge in [0.15, 0.2) is 0 Å². The van der Waals surface area contributed by atoms with E-state index in [9.17, 15) is 4.79 Å². The van der Waals surface area contributed by atoms with Gasteiger partial charge in [-0.05, 0) is 38.8 Å². The summed E-state index contributed by atoms with van der Waals surface area (Å²) in [6.07, 6.45) is 6.66. The fraction of sp³-hybridized carbons (Fsp3) is 0.571. The standard InChI is InChI=1S/C14H21N3O2.ClH/c1-15-10-13(18)17-9-11-5-4-8-16-14(11)19-12-6-2-3-7-12;/h4-5,8,12,15H,2-3,6-7,9-10H2,1H3,(H,17,18);1H. The molecule has 1 aliphatic rings. The second-order valence-corrected chi connectivity index (χ2v) is 4.80. The van der Waals surface area contributed by atoms with Crippen molar-refractivity contribution in [1.29, 1.82) is 0 Å². The number of ether oxygens (including phenoxy) is 1. The van der Waals surface area contributed by atoms with Crippen molar-refractivity contribution < 1.29 is 9.53 Å². The topological polar surface area (TPSA) is 63.2 Å². The monoisotopic (exact) mass is 299 g/mol. The lowest BCUT2D eigenvalue weighted by Gasteiger charge is -2.15. The van der Waals surface area contributed by atoms with Gasteiger partial charge in [0.05, 0.1) is 6.54 Å². The SMILES string of the molecule is CNCC(=O)NCc1cccnc1OC1CCCC1.Cl. The van der Waals surface area contributed by atoms with Gasteiger partial charge in [0.25, 0.3) is 0 Å². The molecule has 0 bridgehead atoms. The van der Waals surface area contributed by atoms with Crippen LogP contribution in [-0.2, 0) is 11.3 Å². The molecule has 0 aliphatic heterocycles. The Kier molecular flexibility index (Phi) is 7.33. The summed E-state index contributed by atoms with van der Waals surface area (Å²) in [6.45, 7) is 0.773. The fourth-order valence-corrected chi connectivity index (χ4v) is 2.25. The first-order valence-electron chi connectivity index (χ1n) is 6.81. The van der Waals surface area contributed by atoms with Gasteiger partial charge in [-0.1, -0.05) is 6.07 Å². The Labute approximate surface area is 125 Å². The van der Waals surface area contributed by atoms with E-state index in [4.69, 9.17) is 4.74 Å². The number of pyridine rings is 1. The number of carbonyl (C=O) groups is 1. The van der Waals surface area contributed by atoms with Gasteiger partial charge in [0, 0.05) is 18.3 Å². The highest BCUT2D eigenvalue weighted by atomic mass is 35.5. The van der Waals surface area contributed by atoms with Crippen LogP contribution in [0, 0.1) is 0 Å². The molecule has 20 heavy (non-hydrogen) atoms. The lowest BCUT2D eigenvalue weighted by Crippen LogP contribution is -2.31. The molecule has 1 heterocycles. The lowest BCUT2D eigenvalue weighted by molar-refractivity contribution is -0.120. The van der Waals surface area contributed by atoms with Crippen molar-refractivity contribution in [3.8, 4) is 5.88 Å². The predicted octanol–water partition coefficient (Wildman–Crippen LogP) is 1.66. The van der Waals surface area contributed by atoms with Crippen molar-refractivity contribution in [1.82, 2.24) is 15.6 Å². The summed E-state index contributed by atoms with van der Waals surface area (Å²) >= 11 is 0. The lowest BCUT2D eigenvalue weighted by atomic mass is 10.2. The Balaban J connectivity index is 0.00000200. The first kappa shape index (κ1) is 16.7. The predicted molar refractivity (Wildman–Crippen MR) is 80.1 cm³/mol. The van der Waals surface area contributed by atoms with Gasteiger partial charge in [0.1, 0.15) is 6.10 Å². The maximum atomic E-state index is 11.4. The van der Waals surface area contributed by atoms with E-state index in [1.165, 1.54) is 12.8 Å². The Morgan fingerprint density at radius 2 is 2.20 bits per heavy atom. The highest BCUT2D eigenvalue weighted by molar-refractivity contribution is 5.85. The molecule has 0 saturated heterocycles. The molecule has 0 radical (unpaired) electrons. The first-order valence-corrected chi connectivity index (χ1v) is 6.81. The van der Waals surface area contributed by atoms with Gasteiger partial charge >= 0.3 is 0 Å². The average Bonchev–Trinajstić information content (AvgIpc) is 2.91. The molecule has 112 valence electrons. The number of rotatable bonds is 6. The Morgan fingerprint density at radius 3 is 2.90 bits per heavy atom. The highest BCUT2D eigenvalue weighted by Crippen LogP contribution is 2.24. The summed E-state index contributed by atoms with van der Waals surface area (Å²) in [5, 5.41) is 5.66. The molecule has 1 aromatic heterocycles. The molecule has 0 spiro atoms. The third-order valence-corrected chi connectivity index (χ3v) is 3.24. The Morgan fingerprint density at radius 1 is 1.45 bits per heavy atom. The van der Waals surface area contributed by atoms with Crippen LogP contribution < -0.4 is 15.4 Å². The smallest absolute Gasteiger partial charge is 0.234 e. The van der Waals surface area contributed by atoms with Crippen molar-refractivity contribution in [2.75, 3.05) is 13.6 Å². The van der Waals surface area contributed by atoms with Gasteiger partial charge in [-0.15, -0.1) is 12.4 Å². The number of carbonyl (C=O) groups excluding carboxylic acids is 1. The number of hydrogen-bond donors (Lipinski definition) is 2. The molecule has 5 nitrogen and oxygen atoms in total. The van der Waals surface area contributed by atoms with Gasteiger partial charge in [0.2, 0.25) is 11.8 Å². The Hall–Kier alpha value is -1.33. The van der Waals surface area contributed by atoms with Crippen LogP contribution in [0.3, 0.4) is 0 Å². The zero-order chi connectivity index (χ0) is 13.5. The number of aromatic nitrogens is 1. The maximum Gasteiger partial charge on any atom is 0.234 e. The highest BCUT2D eigenvalue weighted by Gasteiger charge is 2.18. The summed E-state index contributed by atoms with van der Waals surface area (Å²) in [7, 11) is 1.75. The van der Waals surface area contributed by atoms with E-state index in [1.807, 2.05) is 12.1 Å². The third-order valence-electron chi connectivity index (χ3n) is 3.24. The van der Waals surface area contributed by atoms with Gasteiger partial charge in [-0.25, -0.2) is 4.98 Å². The summed E-state index contributed by atoms with van der Waals surface area (Å²) in [4.78, 5) is 15.7. The Bertz CT molecular complexity index is 423. The molecule has 0 unspecified atom stereocenters. The molecular formula is C14H22ClN3O2. The van der Waals surface area contributed by atoms with Gasteiger partial charge < -0.3 is 15.4 Å². The first-order chi connectivity index (χ1) is 9.29. The van der Waals surface area contributed by atoms with E-state index < -0.39 is 0 Å². The number of halogens is 1. The second kappa shape index (κ2) is 8.76. The number of nitrogens with one attached hydrogen (secondary N) is 2. The minimum atomic E-state index is -0.0295. The largest absolute Gasteiger partial charge is 0.474 e. The molecule has 1 aromatic rings. The molecule has 6 heteroatoms.